The number of halogens is 5. The van der Waals surface area contributed by atoms with Gasteiger partial charge in [0.05, 0.1) is 31.7 Å². The van der Waals surface area contributed by atoms with E-state index in [0.717, 1.165) is 12.4 Å². The van der Waals surface area contributed by atoms with E-state index in [9.17, 15) is 17.6 Å². The predicted molar refractivity (Wildman–Crippen MR) is 103 cm³/mol. The molecule has 0 saturated carbocycles. The van der Waals surface area contributed by atoms with Crippen molar-refractivity contribution in [2.24, 2.45) is 0 Å². The van der Waals surface area contributed by atoms with Crippen LogP contribution in [0.3, 0.4) is 0 Å². The van der Waals surface area contributed by atoms with Gasteiger partial charge in [-0.05, 0) is 6.92 Å². The molecule has 3 aromatic heterocycles. The van der Waals surface area contributed by atoms with Gasteiger partial charge in [0, 0.05) is 6.07 Å². The second-order valence-electron chi connectivity index (χ2n) is 5.77. The molecule has 4 N–H and O–H groups in total. The van der Waals surface area contributed by atoms with Crippen molar-refractivity contribution in [1.29, 1.82) is 0 Å². The van der Waals surface area contributed by atoms with Crippen LogP contribution in [-0.4, -0.2) is 54.5 Å². The zero-order valence-electron chi connectivity index (χ0n) is 16.3. The molecule has 3 rings (SSSR count). The first-order valence-electron chi connectivity index (χ1n) is 8.42. The molecule has 0 saturated heterocycles. The maximum Gasteiger partial charge on any atom is 0.490 e. The minimum absolute atomic E-state index is 0.304. The summed E-state index contributed by atoms with van der Waals surface area (Å²) >= 11 is 6.11. The average molecular weight is 479 g/mol. The van der Waals surface area contributed by atoms with Crippen molar-refractivity contribution in [1.82, 2.24) is 30.1 Å². The fraction of sp³-hybridized carbons (Fsp3) is 0.250. The maximum absolute atomic E-state index is 12.9. The number of aliphatic carboxylic acids is 1. The van der Waals surface area contributed by atoms with E-state index in [-0.39, 0.29) is 6.04 Å². The molecule has 0 spiro atoms. The van der Waals surface area contributed by atoms with Crippen LogP contribution in [0.2, 0.25) is 5.02 Å². The fourth-order valence-electron chi connectivity index (χ4n) is 1.93. The average Bonchev–Trinajstić information content (AvgIpc) is 3.18. The number of aromatic amines is 1. The van der Waals surface area contributed by atoms with Crippen molar-refractivity contribution in [2.75, 3.05) is 17.7 Å². The Balaban J connectivity index is 0.000000451. The van der Waals surface area contributed by atoms with Crippen molar-refractivity contribution in [3.05, 3.63) is 41.3 Å². The normalized spacial score (nSPS) is 11.7. The lowest BCUT2D eigenvalue weighted by atomic mass is 10.3. The summed E-state index contributed by atoms with van der Waals surface area (Å²) in [6, 6.07) is 1.32. The second kappa shape index (κ2) is 10.5. The third-order valence-electron chi connectivity index (χ3n) is 3.38. The number of H-pyrrole nitrogens is 1. The summed E-state index contributed by atoms with van der Waals surface area (Å²) < 4.78 is 49.6. The first-order chi connectivity index (χ1) is 15.0. The van der Waals surface area contributed by atoms with Crippen LogP contribution in [-0.2, 0) is 4.79 Å². The van der Waals surface area contributed by atoms with Gasteiger partial charge in [-0.25, -0.2) is 24.1 Å². The van der Waals surface area contributed by atoms with E-state index in [1.54, 1.807) is 13.0 Å². The number of methoxy groups -OCH3 is 1. The molecule has 0 aromatic carbocycles. The number of anilines is 3. The molecule has 3 heterocycles. The quantitative estimate of drug-likeness (QED) is 0.388. The summed E-state index contributed by atoms with van der Waals surface area (Å²) in [6.07, 6.45) is -1.44. The molecule has 0 amide bonds. The number of aromatic nitrogens is 6. The number of hydrogen-bond acceptors (Lipinski definition) is 9. The number of carboxylic acids is 1. The molecule has 16 heteroatoms. The second-order valence-corrected chi connectivity index (χ2v) is 6.17. The Bertz CT molecular complexity index is 1050. The van der Waals surface area contributed by atoms with Crippen LogP contribution < -0.4 is 15.4 Å². The Kier molecular flexibility index (Phi) is 8.06. The number of carboxylic acid groups (broad SMARTS) is 1. The molecule has 3 aromatic rings. The molecule has 11 nitrogen and oxygen atoms in total. The summed E-state index contributed by atoms with van der Waals surface area (Å²) in [6.45, 7) is 1.80. The zero-order chi connectivity index (χ0) is 23.9. The largest absolute Gasteiger partial charge is 0.490 e. The lowest BCUT2D eigenvalue weighted by Crippen LogP contribution is -2.21. The molecular weight excluding hydrogens is 464 g/mol. The molecule has 0 radical (unpaired) electrons. The smallest absolute Gasteiger partial charge is 0.480 e. The van der Waals surface area contributed by atoms with Crippen molar-refractivity contribution in [3.8, 4) is 5.88 Å². The Morgan fingerprint density at radius 2 is 1.88 bits per heavy atom. The van der Waals surface area contributed by atoms with E-state index in [1.165, 1.54) is 13.3 Å². The highest BCUT2D eigenvalue weighted by Gasteiger charge is 2.38. The molecule has 172 valence electrons. The Labute approximate surface area is 182 Å². The lowest BCUT2D eigenvalue weighted by molar-refractivity contribution is -0.192. The first-order valence-corrected chi connectivity index (χ1v) is 8.80. The Hall–Kier alpha value is -3.75. The summed E-state index contributed by atoms with van der Waals surface area (Å²) in [4.78, 5) is 25.2. The molecule has 0 aliphatic heterocycles. The number of nitrogens with zero attached hydrogens (tertiary/aromatic N) is 5. The van der Waals surface area contributed by atoms with Gasteiger partial charge in [-0.3, -0.25) is 5.10 Å². The molecule has 0 bridgehead atoms. The number of rotatable bonds is 6. The standard InChI is InChI=1S/C14H14ClFN8O.C2HF3O2/c1-7(12-17-4-8(16)5-18-12)20-14-19-6-9(15)13(22-14)21-10-3-11(25-2)24-23-10;3-2(4,5)1(6)7/h3-7H,1-2H3,(H3,19,20,21,22,23,24);(H,6,7)/t7-;/m0./s1. The molecule has 0 aliphatic carbocycles. The Morgan fingerprint density at radius 3 is 2.41 bits per heavy atom. The number of ether oxygens (including phenoxy) is 1. The SMILES string of the molecule is COc1cc(Nc2nc(N[C@@H](C)c3ncc(F)cn3)ncc2Cl)[nH]n1.O=C(O)C(F)(F)F. The van der Waals surface area contributed by atoms with Gasteiger partial charge in [0.15, 0.2) is 11.6 Å². The van der Waals surface area contributed by atoms with E-state index in [0.29, 0.717) is 34.3 Å². The van der Waals surface area contributed by atoms with Crippen LogP contribution in [0.15, 0.2) is 24.7 Å². The van der Waals surface area contributed by atoms with Gasteiger partial charge in [0.25, 0.3) is 0 Å². The van der Waals surface area contributed by atoms with E-state index in [2.05, 4.69) is 40.8 Å². The minimum atomic E-state index is -5.08. The summed E-state index contributed by atoms with van der Waals surface area (Å²) in [5.74, 6) is -1.19. The van der Waals surface area contributed by atoms with Gasteiger partial charge in [-0.15, -0.1) is 5.10 Å². The number of alkyl halides is 3. The van der Waals surface area contributed by atoms with Crippen LogP contribution in [0.5, 0.6) is 5.88 Å². The third-order valence-corrected chi connectivity index (χ3v) is 3.65. The molecule has 1 atom stereocenters. The molecule has 0 fully saturated rings. The van der Waals surface area contributed by atoms with Crippen LogP contribution in [0.1, 0.15) is 18.8 Å². The number of carbonyl (C=O) groups is 1. The van der Waals surface area contributed by atoms with Gasteiger partial charge in [0.1, 0.15) is 16.7 Å². The number of nitrogens with one attached hydrogen (secondary N) is 3. The summed E-state index contributed by atoms with van der Waals surface area (Å²) in [5, 5.41) is 20.1. The monoisotopic (exact) mass is 478 g/mol. The van der Waals surface area contributed by atoms with E-state index in [1.807, 2.05) is 0 Å². The number of hydrogen-bond donors (Lipinski definition) is 4. The van der Waals surface area contributed by atoms with Crippen LogP contribution in [0.4, 0.5) is 35.1 Å². The van der Waals surface area contributed by atoms with E-state index in [4.69, 9.17) is 26.2 Å². The highest BCUT2D eigenvalue weighted by molar-refractivity contribution is 6.32. The van der Waals surface area contributed by atoms with Gasteiger partial charge in [-0.2, -0.15) is 18.2 Å². The topological polar surface area (TPSA) is 151 Å². The van der Waals surface area contributed by atoms with Gasteiger partial charge >= 0.3 is 12.1 Å². The summed E-state index contributed by atoms with van der Waals surface area (Å²) in [7, 11) is 1.51. The van der Waals surface area contributed by atoms with Crippen LogP contribution in [0.25, 0.3) is 0 Å². The fourth-order valence-corrected chi connectivity index (χ4v) is 2.07. The molecule has 32 heavy (non-hydrogen) atoms. The van der Waals surface area contributed by atoms with Crippen molar-refractivity contribution < 1.29 is 32.2 Å². The van der Waals surface area contributed by atoms with E-state index >= 15 is 0 Å². The third kappa shape index (κ3) is 7.19. The Morgan fingerprint density at radius 1 is 1.25 bits per heavy atom. The lowest BCUT2D eigenvalue weighted by Gasteiger charge is -2.13. The maximum atomic E-state index is 12.9. The highest BCUT2D eigenvalue weighted by atomic mass is 35.5. The van der Waals surface area contributed by atoms with Crippen LogP contribution in [0, 0.1) is 5.82 Å². The highest BCUT2D eigenvalue weighted by Crippen LogP contribution is 2.25. The predicted octanol–water partition coefficient (Wildman–Crippen LogP) is 3.34. The zero-order valence-corrected chi connectivity index (χ0v) is 17.0. The molecular formula is C16H15ClF4N8O3. The van der Waals surface area contributed by atoms with Gasteiger partial charge in [-0.1, -0.05) is 11.6 Å². The minimum Gasteiger partial charge on any atom is -0.480 e. The van der Waals surface area contributed by atoms with Crippen molar-refractivity contribution >= 4 is 35.2 Å². The molecule has 0 unspecified atom stereocenters. The van der Waals surface area contributed by atoms with Crippen molar-refractivity contribution in [2.45, 2.75) is 19.1 Å². The van der Waals surface area contributed by atoms with E-state index < -0.39 is 18.0 Å². The van der Waals surface area contributed by atoms with Crippen molar-refractivity contribution in [3.63, 3.8) is 0 Å². The summed E-state index contributed by atoms with van der Waals surface area (Å²) in [5.41, 5.74) is 0. The molecule has 0 aliphatic rings. The van der Waals surface area contributed by atoms with Gasteiger partial charge < -0.3 is 20.5 Å². The van der Waals surface area contributed by atoms with Gasteiger partial charge in [0.2, 0.25) is 11.8 Å². The van der Waals surface area contributed by atoms with Crippen LogP contribution >= 0.6 is 11.6 Å². The first kappa shape index (κ1) is 24.5.